The quantitative estimate of drug-likeness (QED) is 0.0226. The molecule has 0 aliphatic carbocycles. The molecule has 6 rings (SSSR count). The zero-order valence-electron chi connectivity index (χ0n) is 62.0. The number of para-hydroxylation sites is 3. The Kier molecular flexibility index (Phi) is 35.7. The number of aromatic nitrogens is 3. The van der Waals surface area contributed by atoms with Crippen molar-refractivity contribution in [1.82, 2.24) is 68.1 Å². The molecule has 0 radical (unpaired) electrons. The van der Waals surface area contributed by atoms with Crippen LogP contribution in [-0.2, 0) is 72.0 Å². The summed E-state index contributed by atoms with van der Waals surface area (Å²) in [7, 11) is 0. The number of benzene rings is 3. The number of H-pyrrole nitrogens is 3. The van der Waals surface area contributed by atoms with Crippen LogP contribution in [0.5, 0.6) is 0 Å². The molecule has 3 aromatic carbocycles. The molecule has 11 atom stereocenters. The molecule has 32 heteroatoms. The van der Waals surface area contributed by atoms with Gasteiger partial charge in [-0.15, -0.1) is 0 Å². The fourth-order valence-corrected chi connectivity index (χ4v) is 12.8. The van der Waals surface area contributed by atoms with E-state index in [1.165, 1.54) is 0 Å². The number of rotatable bonds is 49. The number of nitrogens with two attached hydrogens (primary N) is 8. The highest BCUT2D eigenvalue weighted by Gasteiger charge is 2.37. The molecule has 0 spiro atoms. The van der Waals surface area contributed by atoms with Crippen LogP contribution in [0.4, 0.5) is 0 Å². The number of hydrogen-bond donors (Lipinski definition) is 21. The Morgan fingerprint density at radius 2 is 0.533 bits per heavy atom. The van der Waals surface area contributed by atoms with Crippen LogP contribution in [-0.4, -0.2) is 186 Å². The predicted molar refractivity (Wildman–Crippen MR) is 411 cm³/mol. The minimum absolute atomic E-state index is 0.0239. The molecular formula is C75H115N21O11. The Balaban J connectivity index is 1.28. The number of primary amides is 1. The lowest BCUT2D eigenvalue weighted by atomic mass is 9.99. The number of hydrogen-bond acceptors (Lipinski definition) is 18. The van der Waals surface area contributed by atoms with Crippen molar-refractivity contribution >= 4 is 97.7 Å². The van der Waals surface area contributed by atoms with Crippen LogP contribution in [0, 0.1) is 11.8 Å². The van der Waals surface area contributed by atoms with Gasteiger partial charge in [-0.1, -0.05) is 82.3 Å². The second-order valence-electron chi connectivity index (χ2n) is 28.2. The first kappa shape index (κ1) is 86.1. The Morgan fingerprint density at radius 1 is 0.308 bits per heavy atom. The molecule has 29 N–H and O–H groups in total. The minimum Gasteiger partial charge on any atom is -0.368 e. The van der Waals surface area contributed by atoms with Gasteiger partial charge in [0.05, 0.1) is 6.04 Å². The van der Waals surface area contributed by atoms with Gasteiger partial charge in [0.1, 0.15) is 60.4 Å². The third-order valence-electron chi connectivity index (χ3n) is 18.6. The predicted octanol–water partition coefficient (Wildman–Crippen LogP) is -0.655. The van der Waals surface area contributed by atoms with E-state index < -0.39 is 131 Å². The molecule has 0 aliphatic rings. The average molecular weight is 1490 g/mol. The van der Waals surface area contributed by atoms with Crippen molar-refractivity contribution in [3.8, 4) is 0 Å². The Labute approximate surface area is 624 Å². The van der Waals surface area contributed by atoms with E-state index in [0.717, 1.165) is 21.8 Å². The summed E-state index contributed by atoms with van der Waals surface area (Å²) in [6.45, 7) is 8.31. The molecule has 32 nitrogen and oxygen atoms in total. The lowest BCUT2D eigenvalue weighted by Crippen LogP contribution is -2.61. The zero-order chi connectivity index (χ0) is 78.1. The normalized spacial score (nSPS) is 14.6. The van der Waals surface area contributed by atoms with Crippen LogP contribution < -0.4 is 99.0 Å². The van der Waals surface area contributed by atoms with Crippen molar-refractivity contribution in [2.24, 2.45) is 57.7 Å². The Hall–Kier alpha value is -9.83. The SMILES string of the molecule is CC(C)C[C@H](NC(=O)[C@H](Cc1c[nH]c2ccccc12)NC(=O)[C@H](CCCN)NC(=O)[C@H](CCCN)NC(=O)[C@H](Cc1c[nH]c2ccccc12)NC(=O)[C@H](CCCN)NC(=O)[C@H](CCCN)NC(=O)[C@H](Cc1c[nH]c2ccccc12)NC(=O)[C@H](CC(C)C)NC(=O)[C@@H](N)CCCN)C(=O)N[C@@H](CCCN)C(N)=O. The summed E-state index contributed by atoms with van der Waals surface area (Å²) in [6, 6.07) is 7.95. The van der Waals surface area contributed by atoms with Gasteiger partial charge in [-0.05, 0) is 176 Å². The van der Waals surface area contributed by atoms with Crippen molar-refractivity contribution in [3.05, 3.63) is 108 Å². The second-order valence-corrected chi connectivity index (χ2v) is 28.2. The maximum Gasteiger partial charge on any atom is 0.243 e. The summed E-state index contributed by atoms with van der Waals surface area (Å²) in [4.78, 5) is 168. The molecule has 107 heavy (non-hydrogen) atoms. The zero-order valence-corrected chi connectivity index (χ0v) is 62.0. The smallest absolute Gasteiger partial charge is 0.243 e. The van der Waals surface area contributed by atoms with Gasteiger partial charge in [0.2, 0.25) is 65.0 Å². The van der Waals surface area contributed by atoms with Crippen molar-refractivity contribution in [2.75, 3.05) is 39.3 Å². The van der Waals surface area contributed by atoms with E-state index in [4.69, 9.17) is 45.9 Å². The van der Waals surface area contributed by atoms with Crippen molar-refractivity contribution in [2.45, 2.75) is 203 Å². The van der Waals surface area contributed by atoms with Gasteiger partial charge in [-0.2, -0.15) is 0 Å². The molecule has 586 valence electrons. The summed E-state index contributed by atoms with van der Waals surface area (Å²) in [5.41, 5.74) is 51.5. The fraction of sp³-hybridized carbons (Fsp3) is 0.533. The van der Waals surface area contributed by atoms with E-state index >= 15 is 9.59 Å². The molecule has 3 heterocycles. The lowest BCUT2D eigenvalue weighted by Gasteiger charge is -2.29. The summed E-state index contributed by atoms with van der Waals surface area (Å²) >= 11 is 0. The van der Waals surface area contributed by atoms with Gasteiger partial charge in [-0.3, -0.25) is 52.7 Å². The number of nitrogens with one attached hydrogen (secondary N) is 13. The van der Waals surface area contributed by atoms with E-state index in [9.17, 15) is 43.2 Å². The van der Waals surface area contributed by atoms with Crippen molar-refractivity contribution in [3.63, 3.8) is 0 Å². The van der Waals surface area contributed by atoms with Gasteiger partial charge in [0.15, 0.2) is 0 Å². The highest BCUT2D eigenvalue weighted by atomic mass is 16.2. The van der Waals surface area contributed by atoms with Gasteiger partial charge < -0.3 is 114 Å². The maximum absolute atomic E-state index is 15.2. The second kappa shape index (κ2) is 44.3. The molecule has 0 unspecified atom stereocenters. The molecule has 0 saturated carbocycles. The first-order valence-corrected chi connectivity index (χ1v) is 37.3. The molecule has 6 aromatic rings. The van der Waals surface area contributed by atoms with E-state index in [-0.39, 0.29) is 141 Å². The molecule has 3 aromatic heterocycles. The molecule has 0 aliphatic heterocycles. The van der Waals surface area contributed by atoms with Gasteiger partial charge in [0, 0.05) is 70.6 Å². The summed E-state index contributed by atoms with van der Waals surface area (Å²) < 4.78 is 0. The first-order chi connectivity index (χ1) is 51.3. The van der Waals surface area contributed by atoms with Crippen LogP contribution in [0.25, 0.3) is 32.7 Å². The summed E-state index contributed by atoms with van der Waals surface area (Å²) in [5, 5.41) is 30.2. The molecule has 11 amide bonds. The number of aromatic amines is 3. The Bertz CT molecular complexity index is 3890. The minimum atomic E-state index is -1.46. The number of carbonyl (C=O) groups excluding carboxylic acids is 11. The summed E-state index contributed by atoms with van der Waals surface area (Å²) in [5.74, 6) is -8.58. The highest BCUT2D eigenvalue weighted by molar-refractivity contribution is 6.00. The largest absolute Gasteiger partial charge is 0.368 e. The van der Waals surface area contributed by atoms with Crippen LogP contribution in [0.2, 0.25) is 0 Å². The summed E-state index contributed by atoms with van der Waals surface area (Å²) in [6.07, 6.45) is 7.03. The van der Waals surface area contributed by atoms with E-state index in [0.29, 0.717) is 47.0 Å². The third kappa shape index (κ3) is 26.9. The molecular weight excluding hydrogens is 1370 g/mol. The van der Waals surface area contributed by atoms with E-state index in [1.54, 1.807) is 24.7 Å². The molecule has 0 fully saturated rings. The average Bonchev–Trinajstić information content (AvgIpc) is 1.72. The van der Waals surface area contributed by atoms with E-state index in [1.807, 2.05) is 94.4 Å². The van der Waals surface area contributed by atoms with Gasteiger partial charge >= 0.3 is 0 Å². The maximum atomic E-state index is 15.2. The molecule has 0 saturated heterocycles. The lowest BCUT2D eigenvalue weighted by molar-refractivity contribution is -0.136. The highest BCUT2D eigenvalue weighted by Crippen LogP contribution is 2.24. The standard InChI is InChI=1S/C75H115N21O11/c1-43(2)35-60(92-66(98)51(82)20-11-29-76)72(104)96-63(38-46-41-85-53-22-9-6-18-49(46)53)74(106)91-57(26-14-32-79)68(100)88-58(27-15-33-80)69(101)94-62(37-45-40-84-52-21-8-5-17-48(45)52)73(105)90-56(25-13-31-78)67(99)89-59(28-16-34-81)70(102)95-64(39-47-42-86-54-23-10-7-19-50(47)54)75(107)93-61(36-44(3)4)71(103)87-55(65(83)97)24-12-30-77/h5-10,17-19,21-23,40-44,51,55-64,84-86H,11-16,20,24-39,76-82H2,1-4H3,(H2,83,97)(H,87,103)(H,88,100)(H,89,99)(H,90,105)(H,91,106)(H,92,98)(H,93,107)(H,94,101)(H,95,102)(H,96,104)/t51-,55-,56-,57-,58-,59-,60-,61-,62-,63-,64-/m0/s1. The van der Waals surface area contributed by atoms with Crippen molar-refractivity contribution in [1.29, 1.82) is 0 Å². The van der Waals surface area contributed by atoms with Crippen molar-refractivity contribution < 1.29 is 52.7 Å². The van der Waals surface area contributed by atoms with Crippen LogP contribution >= 0.6 is 0 Å². The van der Waals surface area contributed by atoms with Crippen LogP contribution in [0.1, 0.15) is 134 Å². The van der Waals surface area contributed by atoms with Gasteiger partial charge in [0.25, 0.3) is 0 Å². The fourth-order valence-electron chi connectivity index (χ4n) is 12.8. The monoisotopic (exact) mass is 1490 g/mol. The third-order valence-corrected chi connectivity index (χ3v) is 18.6. The number of carbonyl (C=O) groups is 11. The van der Waals surface area contributed by atoms with E-state index in [2.05, 4.69) is 68.1 Å². The van der Waals surface area contributed by atoms with Crippen LogP contribution in [0.15, 0.2) is 91.4 Å². The first-order valence-electron chi connectivity index (χ1n) is 37.3. The van der Waals surface area contributed by atoms with Crippen LogP contribution in [0.3, 0.4) is 0 Å². The number of fused-ring (bicyclic) bond motifs is 3. The molecule has 0 bridgehead atoms. The number of amides is 11. The topological polar surface area (TPSA) is 564 Å². The Morgan fingerprint density at radius 3 is 0.813 bits per heavy atom. The van der Waals surface area contributed by atoms with Gasteiger partial charge in [-0.25, -0.2) is 0 Å².